The summed E-state index contributed by atoms with van der Waals surface area (Å²) < 4.78 is 0. The van der Waals surface area contributed by atoms with Gasteiger partial charge >= 0.3 is 0 Å². The van der Waals surface area contributed by atoms with Gasteiger partial charge in [-0.05, 0) is 25.2 Å². The first-order valence-corrected chi connectivity index (χ1v) is 10.4. The lowest BCUT2D eigenvalue weighted by molar-refractivity contribution is 0.312. The molecule has 6 rings (SSSR count). The third-order valence-corrected chi connectivity index (χ3v) is 5.88. The summed E-state index contributed by atoms with van der Waals surface area (Å²) in [5, 5.41) is 18.2. The Morgan fingerprint density at radius 2 is 1.88 bits per heavy atom. The second-order valence-corrected chi connectivity index (χ2v) is 8.03. The molecule has 32 heavy (non-hydrogen) atoms. The van der Waals surface area contributed by atoms with Crippen LogP contribution in [0.5, 0.6) is 5.75 Å². The zero-order valence-electron chi connectivity index (χ0n) is 17.4. The average Bonchev–Trinajstić information content (AvgIpc) is 3.43. The predicted octanol–water partition coefficient (Wildman–Crippen LogP) is 2.42. The molecule has 0 spiro atoms. The Kier molecular flexibility index (Phi) is 4.25. The van der Waals surface area contributed by atoms with E-state index in [0.717, 1.165) is 59.5 Å². The van der Waals surface area contributed by atoms with E-state index in [1.165, 1.54) is 6.20 Å². The van der Waals surface area contributed by atoms with Gasteiger partial charge in [-0.3, -0.25) is 15.1 Å². The molecule has 0 amide bonds. The van der Waals surface area contributed by atoms with Gasteiger partial charge in [-0.15, -0.1) is 0 Å². The Balaban J connectivity index is 1.44. The molecule has 1 fully saturated rings. The number of hydrogen-bond donors (Lipinski definition) is 3. The van der Waals surface area contributed by atoms with Crippen LogP contribution in [-0.4, -0.2) is 78.4 Å². The molecule has 0 saturated carbocycles. The third-order valence-electron chi connectivity index (χ3n) is 5.88. The van der Waals surface area contributed by atoms with E-state index in [2.05, 4.69) is 47.0 Å². The first kappa shape index (κ1) is 18.7. The number of piperazine rings is 1. The van der Waals surface area contributed by atoms with Crippen molar-refractivity contribution in [2.75, 3.05) is 38.1 Å². The van der Waals surface area contributed by atoms with Gasteiger partial charge in [0.05, 0.1) is 29.1 Å². The number of nitrogens with one attached hydrogen (secondary N) is 2. The number of pyridine rings is 3. The van der Waals surface area contributed by atoms with Gasteiger partial charge in [0.15, 0.2) is 11.6 Å². The van der Waals surface area contributed by atoms with Crippen molar-refractivity contribution in [1.29, 1.82) is 0 Å². The molecule has 1 saturated heterocycles. The van der Waals surface area contributed by atoms with Gasteiger partial charge in [0.25, 0.3) is 0 Å². The highest BCUT2D eigenvalue weighted by molar-refractivity contribution is 5.96. The molecule has 5 aromatic heterocycles. The number of anilines is 1. The Labute approximate surface area is 183 Å². The SMILES string of the molecule is CN1CCN(c2nccc3[nH]c(-c4n[nH]c5cnc(-c6cncc(O)c6)cc45)nc23)CC1. The van der Waals surface area contributed by atoms with E-state index in [1.54, 1.807) is 18.5 Å². The fraction of sp³-hybridized carbons (Fsp3) is 0.227. The van der Waals surface area contributed by atoms with Crippen LogP contribution in [0.2, 0.25) is 0 Å². The Morgan fingerprint density at radius 1 is 1.00 bits per heavy atom. The highest BCUT2D eigenvalue weighted by Gasteiger charge is 2.21. The van der Waals surface area contributed by atoms with Crippen molar-refractivity contribution in [2.24, 2.45) is 0 Å². The fourth-order valence-electron chi connectivity index (χ4n) is 4.11. The molecule has 0 aromatic carbocycles. The molecule has 0 bridgehead atoms. The first-order chi connectivity index (χ1) is 15.7. The van der Waals surface area contributed by atoms with Gasteiger partial charge in [0, 0.05) is 49.5 Å². The van der Waals surface area contributed by atoms with Gasteiger partial charge in [0.1, 0.15) is 17.0 Å². The number of aromatic amines is 2. The number of hydrogen-bond acceptors (Lipinski definition) is 8. The van der Waals surface area contributed by atoms with E-state index < -0.39 is 0 Å². The Morgan fingerprint density at radius 3 is 2.72 bits per heavy atom. The Hall–Kier alpha value is -4.05. The highest BCUT2D eigenvalue weighted by atomic mass is 16.3. The summed E-state index contributed by atoms with van der Waals surface area (Å²) in [7, 11) is 2.14. The summed E-state index contributed by atoms with van der Waals surface area (Å²) in [6.45, 7) is 3.84. The largest absolute Gasteiger partial charge is 0.506 e. The van der Waals surface area contributed by atoms with Crippen LogP contribution in [0.4, 0.5) is 5.82 Å². The molecule has 0 atom stereocenters. The molecule has 5 aromatic rings. The number of aromatic hydroxyl groups is 1. The monoisotopic (exact) mass is 427 g/mol. The van der Waals surface area contributed by atoms with Gasteiger partial charge < -0.3 is 19.9 Å². The summed E-state index contributed by atoms with van der Waals surface area (Å²) in [5.41, 5.74) is 4.69. The van der Waals surface area contributed by atoms with Crippen LogP contribution in [0.25, 0.3) is 44.7 Å². The number of rotatable bonds is 3. The van der Waals surface area contributed by atoms with E-state index in [0.29, 0.717) is 17.2 Å². The molecule has 160 valence electrons. The second kappa shape index (κ2) is 7.27. The van der Waals surface area contributed by atoms with Crippen molar-refractivity contribution in [1.82, 2.24) is 40.0 Å². The summed E-state index contributed by atoms with van der Waals surface area (Å²) in [6.07, 6.45) is 6.61. The number of nitrogens with zero attached hydrogens (tertiary/aromatic N) is 7. The van der Waals surface area contributed by atoms with Gasteiger partial charge in [0.2, 0.25) is 0 Å². The summed E-state index contributed by atoms with van der Waals surface area (Å²) in [6, 6.07) is 5.50. The third kappa shape index (κ3) is 3.12. The molecule has 1 aliphatic rings. The normalized spacial score (nSPS) is 15.1. The van der Waals surface area contributed by atoms with Crippen molar-refractivity contribution < 1.29 is 5.11 Å². The van der Waals surface area contributed by atoms with Crippen LogP contribution >= 0.6 is 0 Å². The minimum Gasteiger partial charge on any atom is -0.506 e. The van der Waals surface area contributed by atoms with E-state index >= 15 is 0 Å². The van der Waals surface area contributed by atoms with Crippen LogP contribution < -0.4 is 4.90 Å². The van der Waals surface area contributed by atoms with Crippen molar-refractivity contribution in [2.45, 2.75) is 0 Å². The highest BCUT2D eigenvalue weighted by Crippen LogP contribution is 2.31. The molecule has 10 nitrogen and oxygen atoms in total. The molecular formula is C22H21N9O. The van der Waals surface area contributed by atoms with E-state index in [-0.39, 0.29) is 5.75 Å². The fourth-order valence-corrected chi connectivity index (χ4v) is 4.11. The predicted molar refractivity (Wildman–Crippen MR) is 121 cm³/mol. The number of aromatic nitrogens is 7. The van der Waals surface area contributed by atoms with Crippen LogP contribution in [0.15, 0.2) is 43.0 Å². The van der Waals surface area contributed by atoms with Crippen LogP contribution in [0.3, 0.4) is 0 Å². The molecule has 1 aliphatic heterocycles. The summed E-state index contributed by atoms with van der Waals surface area (Å²) >= 11 is 0. The molecule has 10 heteroatoms. The smallest absolute Gasteiger partial charge is 0.159 e. The molecule has 0 aliphatic carbocycles. The Bertz CT molecular complexity index is 1430. The minimum atomic E-state index is 0.0954. The van der Waals surface area contributed by atoms with Crippen molar-refractivity contribution in [3.63, 3.8) is 0 Å². The first-order valence-electron chi connectivity index (χ1n) is 10.4. The maximum Gasteiger partial charge on any atom is 0.159 e. The zero-order valence-corrected chi connectivity index (χ0v) is 17.4. The maximum atomic E-state index is 9.77. The van der Waals surface area contributed by atoms with Gasteiger partial charge in [-0.1, -0.05) is 0 Å². The van der Waals surface area contributed by atoms with Crippen molar-refractivity contribution in [3.05, 3.63) is 43.0 Å². The zero-order chi connectivity index (χ0) is 21.7. The lowest BCUT2D eigenvalue weighted by atomic mass is 10.1. The van der Waals surface area contributed by atoms with Crippen molar-refractivity contribution >= 4 is 27.8 Å². The molecule has 3 N–H and O–H groups in total. The number of likely N-dealkylation sites (N-methyl/N-ethyl adjacent to an activating group) is 1. The van der Waals surface area contributed by atoms with Gasteiger partial charge in [-0.25, -0.2) is 9.97 Å². The average molecular weight is 427 g/mol. The van der Waals surface area contributed by atoms with E-state index in [1.807, 2.05) is 18.3 Å². The van der Waals surface area contributed by atoms with Crippen molar-refractivity contribution in [3.8, 4) is 28.5 Å². The standard InChI is InChI=1S/C22H21N9O/c1-30-4-6-31(7-5-30)22-20-16(2-3-24-22)26-21(27-20)19-15-9-17(25-12-18(15)28-29-19)13-8-14(32)11-23-10-13/h2-3,8-12,32H,4-7H2,1H3,(H,26,27)(H,28,29). The van der Waals surface area contributed by atoms with E-state index in [4.69, 9.17) is 4.98 Å². The topological polar surface area (TPSA) is 123 Å². The van der Waals surface area contributed by atoms with Crippen LogP contribution in [-0.2, 0) is 0 Å². The van der Waals surface area contributed by atoms with Crippen LogP contribution in [0.1, 0.15) is 0 Å². The number of imidazole rings is 1. The summed E-state index contributed by atoms with van der Waals surface area (Å²) in [5.74, 6) is 1.66. The lowest BCUT2D eigenvalue weighted by Crippen LogP contribution is -2.44. The molecule has 0 unspecified atom stereocenters. The van der Waals surface area contributed by atoms with Crippen LogP contribution in [0, 0.1) is 0 Å². The molecule has 6 heterocycles. The maximum absolute atomic E-state index is 9.77. The summed E-state index contributed by atoms with van der Waals surface area (Å²) in [4.78, 5) is 26.0. The second-order valence-electron chi connectivity index (χ2n) is 8.03. The van der Waals surface area contributed by atoms with Gasteiger partial charge in [-0.2, -0.15) is 5.10 Å². The van der Waals surface area contributed by atoms with E-state index in [9.17, 15) is 5.11 Å². The number of fused-ring (bicyclic) bond motifs is 2. The quantitative estimate of drug-likeness (QED) is 0.401. The molecule has 0 radical (unpaired) electrons. The minimum absolute atomic E-state index is 0.0954. The number of H-pyrrole nitrogens is 2. The lowest BCUT2D eigenvalue weighted by Gasteiger charge is -2.33. The molecular weight excluding hydrogens is 406 g/mol.